The lowest BCUT2D eigenvalue weighted by Crippen LogP contribution is -2.55. The molecule has 4 amide bonds. The number of carbonyl (C=O) groups excluding carboxylic acids is 3. The fourth-order valence-corrected chi connectivity index (χ4v) is 1.55. The predicted octanol–water partition coefficient (Wildman–Crippen LogP) is 0.141. The number of carbonyl (C=O) groups is 3. The van der Waals surface area contributed by atoms with E-state index in [4.69, 9.17) is 5.73 Å². The number of primary amides is 1. The van der Waals surface area contributed by atoms with Gasteiger partial charge in [0.15, 0.2) is 0 Å². The van der Waals surface area contributed by atoms with E-state index >= 15 is 0 Å². The minimum Gasteiger partial charge on any atom is -0.352 e. The summed E-state index contributed by atoms with van der Waals surface area (Å²) >= 11 is 0. The highest BCUT2D eigenvalue weighted by molar-refractivity contribution is 5.96. The number of nitrogens with two attached hydrogens (primary N) is 1. The lowest BCUT2D eigenvalue weighted by molar-refractivity contribution is -0.124. The Hall–Kier alpha value is -2.57. The van der Waals surface area contributed by atoms with Gasteiger partial charge in [-0.3, -0.25) is 20.4 Å². The van der Waals surface area contributed by atoms with E-state index in [1.807, 2.05) is 0 Å². The standard InChI is InChI=1S/C13H18N4O3/c1-8(2)10(15-13(14)20)12(19)17-16-11(18)9-6-4-3-5-7-9/h3-8,10H,1-2H3,(H,16,18)(H,17,19)(H3,14,15,20)/t10-/m0/s1. The summed E-state index contributed by atoms with van der Waals surface area (Å²) < 4.78 is 0. The van der Waals surface area contributed by atoms with E-state index in [0.717, 1.165) is 0 Å². The van der Waals surface area contributed by atoms with Crippen LogP contribution in [0.4, 0.5) is 4.79 Å². The monoisotopic (exact) mass is 278 g/mol. The lowest BCUT2D eigenvalue weighted by atomic mass is 10.0. The van der Waals surface area contributed by atoms with Crippen molar-refractivity contribution in [3.8, 4) is 0 Å². The Labute approximate surface area is 116 Å². The number of urea groups is 1. The Bertz CT molecular complexity index is 488. The van der Waals surface area contributed by atoms with Crippen molar-refractivity contribution >= 4 is 17.8 Å². The molecule has 7 heteroatoms. The van der Waals surface area contributed by atoms with Gasteiger partial charge >= 0.3 is 6.03 Å². The predicted molar refractivity (Wildman–Crippen MR) is 73.4 cm³/mol. The van der Waals surface area contributed by atoms with Gasteiger partial charge in [0.1, 0.15) is 6.04 Å². The van der Waals surface area contributed by atoms with Gasteiger partial charge in [0.05, 0.1) is 0 Å². The molecule has 0 aliphatic heterocycles. The lowest BCUT2D eigenvalue weighted by Gasteiger charge is -2.20. The first-order chi connectivity index (χ1) is 9.41. The SMILES string of the molecule is CC(C)[C@H](NC(N)=O)C(=O)NNC(=O)c1ccccc1. The molecule has 20 heavy (non-hydrogen) atoms. The molecule has 1 rings (SSSR count). The van der Waals surface area contributed by atoms with Crippen LogP contribution in [0.25, 0.3) is 0 Å². The Kier molecular flexibility index (Phi) is 5.52. The van der Waals surface area contributed by atoms with Gasteiger partial charge in [0.25, 0.3) is 11.8 Å². The topological polar surface area (TPSA) is 113 Å². The first-order valence-corrected chi connectivity index (χ1v) is 6.13. The molecule has 0 heterocycles. The molecule has 1 atom stereocenters. The zero-order chi connectivity index (χ0) is 15.1. The third kappa shape index (κ3) is 4.60. The van der Waals surface area contributed by atoms with E-state index in [-0.39, 0.29) is 5.92 Å². The van der Waals surface area contributed by atoms with Gasteiger partial charge < -0.3 is 11.1 Å². The van der Waals surface area contributed by atoms with Crippen LogP contribution >= 0.6 is 0 Å². The minimum absolute atomic E-state index is 0.170. The molecule has 0 spiro atoms. The van der Waals surface area contributed by atoms with Gasteiger partial charge in [-0.15, -0.1) is 0 Å². The zero-order valence-electron chi connectivity index (χ0n) is 11.3. The molecular formula is C13H18N4O3. The van der Waals surface area contributed by atoms with Crippen LogP contribution in [-0.2, 0) is 4.79 Å². The number of nitrogens with one attached hydrogen (secondary N) is 3. The Balaban J connectivity index is 2.57. The molecular weight excluding hydrogens is 260 g/mol. The summed E-state index contributed by atoms with van der Waals surface area (Å²) in [6.07, 6.45) is 0. The summed E-state index contributed by atoms with van der Waals surface area (Å²) in [7, 11) is 0. The van der Waals surface area contributed by atoms with Crippen LogP contribution < -0.4 is 21.9 Å². The summed E-state index contributed by atoms with van der Waals surface area (Å²) in [6, 6.07) is 6.81. The highest BCUT2D eigenvalue weighted by Crippen LogP contribution is 2.01. The Morgan fingerprint density at radius 2 is 1.65 bits per heavy atom. The average molecular weight is 278 g/mol. The number of hydrogen-bond donors (Lipinski definition) is 4. The maximum absolute atomic E-state index is 11.9. The van der Waals surface area contributed by atoms with E-state index in [0.29, 0.717) is 5.56 Å². The number of rotatable bonds is 4. The molecule has 7 nitrogen and oxygen atoms in total. The van der Waals surface area contributed by atoms with Crippen molar-refractivity contribution in [1.82, 2.24) is 16.2 Å². The smallest absolute Gasteiger partial charge is 0.312 e. The first-order valence-electron chi connectivity index (χ1n) is 6.13. The van der Waals surface area contributed by atoms with Gasteiger partial charge in [-0.1, -0.05) is 32.0 Å². The molecule has 0 bridgehead atoms. The molecule has 0 fully saturated rings. The van der Waals surface area contributed by atoms with E-state index in [1.54, 1.807) is 44.2 Å². The van der Waals surface area contributed by atoms with E-state index in [9.17, 15) is 14.4 Å². The summed E-state index contributed by atoms with van der Waals surface area (Å²) in [5.74, 6) is -1.15. The van der Waals surface area contributed by atoms with Crippen molar-refractivity contribution in [1.29, 1.82) is 0 Å². The Morgan fingerprint density at radius 1 is 1.05 bits per heavy atom. The van der Waals surface area contributed by atoms with Crippen LogP contribution in [0.1, 0.15) is 24.2 Å². The largest absolute Gasteiger partial charge is 0.352 e. The van der Waals surface area contributed by atoms with E-state index in [1.165, 1.54) is 0 Å². The normalized spacial score (nSPS) is 11.6. The summed E-state index contributed by atoms with van der Waals surface area (Å²) in [4.78, 5) is 34.4. The quantitative estimate of drug-likeness (QED) is 0.587. The van der Waals surface area contributed by atoms with Crippen molar-refractivity contribution in [3.63, 3.8) is 0 Å². The highest BCUT2D eigenvalue weighted by Gasteiger charge is 2.23. The van der Waals surface area contributed by atoms with Gasteiger partial charge in [-0.25, -0.2) is 4.79 Å². The number of amides is 4. The van der Waals surface area contributed by atoms with Gasteiger partial charge in [0, 0.05) is 5.56 Å². The van der Waals surface area contributed by atoms with Gasteiger partial charge in [-0.05, 0) is 18.1 Å². The number of hydrogen-bond acceptors (Lipinski definition) is 3. The van der Waals surface area contributed by atoms with Crippen molar-refractivity contribution in [2.24, 2.45) is 11.7 Å². The molecule has 0 unspecified atom stereocenters. The first kappa shape index (κ1) is 15.5. The molecule has 0 aliphatic carbocycles. The minimum atomic E-state index is -0.816. The third-order valence-corrected chi connectivity index (χ3v) is 2.58. The van der Waals surface area contributed by atoms with E-state index in [2.05, 4.69) is 16.2 Å². The summed E-state index contributed by atoms with van der Waals surface area (Å²) in [5.41, 5.74) is 9.95. The van der Waals surface area contributed by atoms with Crippen LogP contribution in [0.5, 0.6) is 0 Å². The maximum Gasteiger partial charge on any atom is 0.312 e. The van der Waals surface area contributed by atoms with Crippen molar-refractivity contribution in [2.75, 3.05) is 0 Å². The van der Waals surface area contributed by atoms with Crippen molar-refractivity contribution < 1.29 is 14.4 Å². The second-order valence-electron chi connectivity index (χ2n) is 4.54. The van der Waals surface area contributed by atoms with Gasteiger partial charge in [0.2, 0.25) is 0 Å². The molecule has 5 N–H and O–H groups in total. The van der Waals surface area contributed by atoms with Crippen LogP contribution in [0.15, 0.2) is 30.3 Å². The van der Waals surface area contributed by atoms with Crippen LogP contribution in [0.2, 0.25) is 0 Å². The maximum atomic E-state index is 11.9. The second-order valence-corrected chi connectivity index (χ2v) is 4.54. The van der Waals surface area contributed by atoms with Crippen LogP contribution in [-0.4, -0.2) is 23.9 Å². The number of benzene rings is 1. The van der Waals surface area contributed by atoms with Crippen molar-refractivity contribution in [2.45, 2.75) is 19.9 Å². The molecule has 0 aromatic heterocycles. The van der Waals surface area contributed by atoms with Crippen LogP contribution in [0.3, 0.4) is 0 Å². The zero-order valence-corrected chi connectivity index (χ0v) is 11.3. The average Bonchev–Trinajstić information content (AvgIpc) is 2.42. The third-order valence-electron chi connectivity index (χ3n) is 2.58. The fourth-order valence-electron chi connectivity index (χ4n) is 1.55. The summed E-state index contributed by atoms with van der Waals surface area (Å²) in [6.45, 7) is 3.50. The van der Waals surface area contributed by atoms with Crippen molar-refractivity contribution in [3.05, 3.63) is 35.9 Å². The van der Waals surface area contributed by atoms with Crippen LogP contribution in [0, 0.1) is 5.92 Å². The molecule has 1 aromatic rings. The fraction of sp³-hybridized carbons (Fsp3) is 0.308. The Morgan fingerprint density at radius 3 is 2.15 bits per heavy atom. The highest BCUT2D eigenvalue weighted by atomic mass is 16.2. The van der Waals surface area contributed by atoms with E-state index < -0.39 is 23.9 Å². The summed E-state index contributed by atoms with van der Waals surface area (Å²) in [5, 5.41) is 2.32. The molecule has 0 saturated carbocycles. The molecule has 0 saturated heterocycles. The molecule has 0 radical (unpaired) electrons. The molecule has 1 aromatic carbocycles. The molecule has 108 valence electrons. The second kappa shape index (κ2) is 7.13. The number of hydrazine groups is 1. The molecule has 0 aliphatic rings. The van der Waals surface area contributed by atoms with Gasteiger partial charge in [-0.2, -0.15) is 0 Å².